The Morgan fingerprint density at radius 3 is 2.38 bits per heavy atom. The minimum atomic E-state index is -0.00737. The summed E-state index contributed by atoms with van der Waals surface area (Å²) in [4.78, 5) is 18.0. The second-order valence-electron chi connectivity index (χ2n) is 8.15. The zero-order valence-electron chi connectivity index (χ0n) is 18.5. The van der Waals surface area contributed by atoms with Crippen molar-refractivity contribution in [3.63, 3.8) is 0 Å². The molecular weight excluding hydrogens is 420 g/mol. The summed E-state index contributed by atoms with van der Waals surface area (Å²) in [5, 5.41) is 1.30. The molecule has 32 heavy (non-hydrogen) atoms. The third kappa shape index (κ3) is 5.20. The number of unbranched alkanes of at least 4 members (excludes halogenated alkanes) is 2. The van der Waals surface area contributed by atoms with Crippen molar-refractivity contribution in [2.24, 2.45) is 0 Å². The molecule has 1 aromatic heterocycles. The smallest absolute Gasteiger partial charge is 0.261 e. The lowest BCUT2D eigenvalue weighted by Crippen LogP contribution is -2.23. The maximum Gasteiger partial charge on any atom is 0.261 e. The van der Waals surface area contributed by atoms with E-state index in [1.165, 1.54) is 11.1 Å². The summed E-state index contributed by atoms with van der Waals surface area (Å²) in [5.41, 5.74) is 4.00. The van der Waals surface area contributed by atoms with Crippen molar-refractivity contribution in [1.29, 1.82) is 0 Å². The topological polar surface area (TPSA) is 44.1 Å². The van der Waals surface area contributed by atoms with Crippen molar-refractivity contribution < 1.29 is 4.74 Å². The van der Waals surface area contributed by atoms with Crippen molar-refractivity contribution >= 4 is 22.5 Å². The van der Waals surface area contributed by atoms with Gasteiger partial charge >= 0.3 is 0 Å². The molecule has 4 nitrogen and oxygen atoms in total. The first kappa shape index (κ1) is 22.1. The van der Waals surface area contributed by atoms with E-state index in [1.54, 1.807) is 4.57 Å². The van der Waals surface area contributed by atoms with Crippen molar-refractivity contribution in [3.05, 3.63) is 93.2 Å². The summed E-state index contributed by atoms with van der Waals surface area (Å²) in [6.45, 7) is 5.43. The minimum absolute atomic E-state index is 0.00737. The van der Waals surface area contributed by atoms with Crippen LogP contribution in [0.25, 0.3) is 22.3 Å². The number of rotatable bonds is 8. The highest BCUT2D eigenvalue weighted by Gasteiger charge is 2.12. The Labute approximate surface area is 193 Å². The van der Waals surface area contributed by atoms with E-state index < -0.39 is 0 Å². The highest BCUT2D eigenvalue weighted by molar-refractivity contribution is 6.30. The van der Waals surface area contributed by atoms with Gasteiger partial charge in [-0.05, 0) is 92.8 Å². The predicted octanol–water partition coefficient (Wildman–Crippen LogP) is 6.58. The van der Waals surface area contributed by atoms with Gasteiger partial charge in [0.25, 0.3) is 5.56 Å². The molecule has 0 N–H and O–H groups in total. The number of ether oxygens (including phenoxy) is 1. The fourth-order valence-corrected chi connectivity index (χ4v) is 4.08. The molecule has 0 spiro atoms. The Hall–Kier alpha value is -3.11. The highest BCUT2D eigenvalue weighted by atomic mass is 35.5. The molecule has 0 fully saturated rings. The molecule has 0 amide bonds. The van der Waals surface area contributed by atoms with Crippen LogP contribution in [0.1, 0.15) is 30.4 Å². The molecule has 0 radical (unpaired) electrons. The molecule has 4 aromatic rings. The molecule has 3 aromatic carbocycles. The lowest BCUT2D eigenvalue weighted by molar-refractivity contribution is 0.303. The number of halogens is 1. The maximum absolute atomic E-state index is 13.2. The van der Waals surface area contributed by atoms with Gasteiger partial charge in [0.1, 0.15) is 11.6 Å². The Balaban J connectivity index is 1.46. The molecule has 0 saturated heterocycles. The van der Waals surface area contributed by atoms with Crippen LogP contribution in [0.5, 0.6) is 5.75 Å². The molecule has 4 rings (SSSR count). The Bertz CT molecular complexity index is 1260. The molecule has 0 aliphatic carbocycles. The van der Waals surface area contributed by atoms with Crippen LogP contribution in [0.4, 0.5) is 0 Å². The molecule has 5 heteroatoms. The van der Waals surface area contributed by atoms with E-state index in [0.29, 0.717) is 34.9 Å². The normalized spacial score (nSPS) is 11.1. The number of benzene rings is 3. The average Bonchev–Trinajstić information content (AvgIpc) is 2.77. The first-order valence-corrected chi connectivity index (χ1v) is 11.4. The third-order valence-corrected chi connectivity index (χ3v) is 5.71. The van der Waals surface area contributed by atoms with Crippen LogP contribution < -0.4 is 10.3 Å². The second kappa shape index (κ2) is 10.0. The molecule has 1 heterocycles. The van der Waals surface area contributed by atoms with Crippen LogP contribution >= 0.6 is 11.6 Å². The first-order chi connectivity index (χ1) is 15.5. The molecule has 0 atom stereocenters. The number of fused-ring (bicyclic) bond motifs is 1. The van der Waals surface area contributed by atoms with Crippen LogP contribution in [0, 0.1) is 13.8 Å². The molecule has 0 aliphatic rings. The standard InChI is InChI=1S/C27H27ClN2O2/c1-19-16-20(2)18-23(17-19)32-15-7-3-6-14-30-26(21-10-12-22(28)13-11-21)29-25-9-5-4-8-24(25)27(30)31/h4-5,8-13,16-18H,3,6-7,14-15H2,1-2H3. The monoisotopic (exact) mass is 446 g/mol. The SMILES string of the molecule is Cc1cc(C)cc(OCCCCCn2c(-c3ccc(Cl)cc3)nc3ccccc3c2=O)c1. The number of hydrogen-bond donors (Lipinski definition) is 0. The molecule has 0 saturated carbocycles. The fourth-order valence-electron chi connectivity index (χ4n) is 3.95. The summed E-state index contributed by atoms with van der Waals surface area (Å²) in [6.07, 6.45) is 2.76. The van der Waals surface area contributed by atoms with Gasteiger partial charge in [-0.1, -0.05) is 29.8 Å². The fraction of sp³-hybridized carbons (Fsp3) is 0.259. The predicted molar refractivity (Wildman–Crippen MR) is 132 cm³/mol. The summed E-state index contributed by atoms with van der Waals surface area (Å²) < 4.78 is 7.70. The summed E-state index contributed by atoms with van der Waals surface area (Å²) in [6, 6.07) is 21.2. The quantitative estimate of drug-likeness (QED) is 0.287. The zero-order valence-corrected chi connectivity index (χ0v) is 19.2. The van der Waals surface area contributed by atoms with E-state index in [9.17, 15) is 4.79 Å². The Morgan fingerprint density at radius 1 is 0.906 bits per heavy atom. The van der Waals surface area contributed by atoms with Crippen LogP contribution in [-0.4, -0.2) is 16.2 Å². The Kier molecular flexibility index (Phi) is 6.91. The number of aromatic nitrogens is 2. The molecule has 164 valence electrons. The minimum Gasteiger partial charge on any atom is -0.494 e. The van der Waals surface area contributed by atoms with Gasteiger partial charge in [0.2, 0.25) is 0 Å². The summed E-state index contributed by atoms with van der Waals surface area (Å²) in [7, 11) is 0. The summed E-state index contributed by atoms with van der Waals surface area (Å²) >= 11 is 6.06. The third-order valence-electron chi connectivity index (χ3n) is 5.45. The average molecular weight is 447 g/mol. The van der Waals surface area contributed by atoms with E-state index in [0.717, 1.165) is 30.6 Å². The second-order valence-corrected chi connectivity index (χ2v) is 8.59. The number of aryl methyl sites for hydroxylation is 2. The number of nitrogens with zero attached hydrogens (tertiary/aromatic N) is 2. The maximum atomic E-state index is 13.2. The van der Waals surface area contributed by atoms with Crippen molar-refractivity contribution in [3.8, 4) is 17.1 Å². The zero-order chi connectivity index (χ0) is 22.5. The Morgan fingerprint density at radius 2 is 1.62 bits per heavy atom. The van der Waals surface area contributed by atoms with E-state index in [4.69, 9.17) is 21.3 Å². The van der Waals surface area contributed by atoms with Crippen LogP contribution in [0.2, 0.25) is 5.02 Å². The molecule has 0 unspecified atom stereocenters. The van der Waals surface area contributed by atoms with Crippen molar-refractivity contribution in [2.75, 3.05) is 6.61 Å². The van der Waals surface area contributed by atoms with E-state index in [-0.39, 0.29) is 5.56 Å². The van der Waals surface area contributed by atoms with Gasteiger partial charge in [-0.2, -0.15) is 0 Å². The van der Waals surface area contributed by atoms with Crippen LogP contribution in [-0.2, 0) is 6.54 Å². The van der Waals surface area contributed by atoms with Crippen molar-refractivity contribution in [2.45, 2.75) is 39.7 Å². The van der Waals surface area contributed by atoms with E-state index in [2.05, 4.69) is 32.0 Å². The largest absolute Gasteiger partial charge is 0.494 e. The number of hydrogen-bond acceptors (Lipinski definition) is 3. The molecular formula is C27H27ClN2O2. The van der Waals surface area contributed by atoms with Gasteiger partial charge in [0, 0.05) is 17.1 Å². The van der Waals surface area contributed by atoms with Crippen molar-refractivity contribution in [1.82, 2.24) is 9.55 Å². The lowest BCUT2D eigenvalue weighted by Gasteiger charge is -2.14. The van der Waals surface area contributed by atoms with Gasteiger partial charge < -0.3 is 4.74 Å². The van der Waals surface area contributed by atoms with Gasteiger partial charge in [-0.15, -0.1) is 0 Å². The van der Waals surface area contributed by atoms with Crippen LogP contribution in [0.3, 0.4) is 0 Å². The van der Waals surface area contributed by atoms with E-state index >= 15 is 0 Å². The molecule has 0 aliphatic heterocycles. The molecule has 0 bridgehead atoms. The summed E-state index contributed by atoms with van der Waals surface area (Å²) in [5.74, 6) is 1.60. The lowest BCUT2D eigenvalue weighted by atomic mass is 10.1. The first-order valence-electron chi connectivity index (χ1n) is 11.0. The van der Waals surface area contributed by atoms with E-state index in [1.807, 2.05) is 48.5 Å². The van der Waals surface area contributed by atoms with Crippen LogP contribution in [0.15, 0.2) is 71.5 Å². The van der Waals surface area contributed by atoms with Gasteiger partial charge in [-0.3, -0.25) is 9.36 Å². The van der Waals surface area contributed by atoms with Gasteiger partial charge in [0.15, 0.2) is 0 Å². The highest BCUT2D eigenvalue weighted by Crippen LogP contribution is 2.22. The number of para-hydroxylation sites is 1. The van der Waals surface area contributed by atoms with Gasteiger partial charge in [0.05, 0.1) is 17.5 Å². The van der Waals surface area contributed by atoms with Gasteiger partial charge in [-0.25, -0.2) is 4.98 Å².